The summed E-state index contributed by atoms with van der Waals surface area (Å²) < 4.78 is 4.84. The Hall–Kier alpha value is -0.900. The third-order valence-corrected chi connectivity index (χ3v) is 5.09. The number of aryl methyl sites for hydroxylation is 2. The van der Waals surface area contributed by atoms with Crippen LogP contribution >= 0.6 is 35.3 Å². The van der Waals surface area contributed by atoms with E-state index in [2.05, 4.69) is 22.1 Å². The number of nitrogens with one attached hydrogen (secondary N) is 1. The SMILES string of the molecule is CCNC(=NCc1sc(C)nc1C)N1CCC(C(=O)OC)CC1.I. The third-order valence-electron chi connectivity index (χ3n) is 4.04. The Morgan fingerprint density at radius 3 is 2.58 bits per heavy atom. The molecule has 6 nitrogen and oxygen atoms in total. The standard InChI is InChI=1S/C16H26N4O2S.HI/c1-5-17-16(18-10-14-11(2)19-12(3)23-14)20-8-6-13(7-9-20)15(21)22-4;/h13H,5-10H2,1-4H3,(H,17,18);1H. The van der Waals surface area contributed by atoms with Gasteiger partial charge in [0, 0.05) is 24.5 Å². The second-order valence-electron chi connectivity index (χ2n) is 5.70. The number of methoxy groups -OCH3 is 1. The number of aromatic nitrogens is 1. The van der Waals surface area contributed by atoms with Crippen molar-refractivity contribution in [2.75, 3.05) is 26.7 Å². The predicted octanol–water partition coefficient (Wildman–Crippen LogP) is 2.73. The van der Waals surface area contributed by atoms with E-state index in [0.29, 0.717) is 6.54 Å². The quantitative estimate of drug-likeness (QED) is 0.320. The van der Waals surface area contributed by atoms with E-state index in [9.17, 15) is 4.79 Å². The molecule has 2 rings (SSSR count). The molecule has 1 aromatic heterocycles. The van der Waals surface area contributed by atoms with Crippen LogP contribution in [0.4, 0.5) is 0 Å². The Balaban J connectivity index is 0.00000288. The first-order valence-electron chi connectivity index (χ1n) is 8.09. The predicted molar refractivity (Wildman–Crippen MR) is 108 cm³/mol. The molecule has 24 heavy (non-hydrogen) atoms. The van der Waals surface area contributed by atoms with Crippen LogP contribution in [0.5, 0.6) is 0 Å². The molecule has 0 atom stereocenters. The molecule has 136 valence electrons. The van der Waals surface area contributed by atoms with Gasteiger partial charge in [-0.2, -0.15) is 0 Å². The van der Waals surface area contributed by atoms with Crippen LogP contribution in [0.3, 0.4) is 0 Å². The molecule has 0 saturated carbocycles. The van der Waals surface area contributed by atoms with Crippen LogP contribution in [-0.4, -0.2) is 48.6 Å². The van der Waals surface area contributed by atoms with Crippen LogP contribution < -0.4 is 5.32 Å². The van der Waals surface area contributed by atoms with E-state index < -0.39 is 0 Å². The normalized spacial score (nSPS) is 15.8. The smallest absolute Gasteiger partial charge is 0.308 e. The Morgan fingerprint density at radius 2 is 2.08 bits per heavy atom. The van der Waals surface area contributed by atoms with Gasteiger partial charge in [0.15, 0.2) is 5.96 Å². The highest BCUT2D eigenvalue weighted by Crippen LogP contribution is 2.20. The van der Waals surface area contributed by atoms with Crippen molar-refractivity contribution in [1.82, 2.24) is 15.2 Å². The number of hydrogen-bond acceptors (Lipinski definition) is 5. The van der Waals surface area contributed by atoms with E-state index in [-0.39, 0.29) is 35.9 Å². The molecule has 0 spiro atoms. The number of carbonyl (C=O) groups excluding carboxylic acids is 1. The van der Waals surface area contributed by atoms with Crippen molar-refractivity contribution in [2.24, 2.45) is 10.9 Å². The van der Waals surface area contributed by atoms with Gasteiger partial charge in [-0.05, 0) is 33.6 Å². The molecule has 1 fully saturated rings. The summed E-state index contributed by atoms with van der Waals surface area (Å²) in [7, 11) is 1.46. The highest BCUT2D eigenvalue weighted by atomic mass is 127. The second kappa shape index (κ2) is 10.2. The second-order valence-corrected chi connectivity index (χ2v) is 6.98. The van der Waals surface area contributed by atoms with Crippen molar-refractivity contribution in [3.8, 4) is 0 Å². The van der Waals surface area contributed by atoms with Crippen LogP contribution in [0.1, 0.15) is 35.3 Å². The fraction of sp³-hybridized carbons (Fsp3) is 0.688. The van der Waals surface area contributed by atoms with Crippen molar-refractivity contribution < 1.29 is 9.53 Å². The highest BCUT2D eigenvalue weighted by molar-refractivity contribution is 14.0. The third kappa shape index (κ3) is 5.58. The molecule has 0 amide bonds. The largest absolute Gasteiger partial charge is 0.469 e. The van der Waals surface area contributed by atoms with Gasteiger partial charge >= 0.3 is 5.97 Å². The molecule has 0 aliphatic carbocycles. The Morgan fingerprint density at radius 1 is 1.42 bits per heavy atom. The van der Waals surface area contributed by atoms with Gasteiger partial charge in [0.05, 0.1) is 30.3 Å². The number of esters is 1. The molecule has 8 heteroatoms. The number of guanidine groups is 1. The number of hydrogen-bond donors (Lipinski definition) is 1. The fourth-order valence-electron chi connectivity index (χ4n) is 2.79. The average Bonchev–Trinajstić information content (AvgIpc) is 2.88. The molecule has 0 radical (unpaired) electrons. The zero-order chi connectivity index (χ0) is 16.8. The Bertz CT molecular complexity index is 568. The maximum atomic E-state index is 11.6. The topological polar surface area (TPSA) is 66.8 Å². The number of thiazole rings is 1. The lowest BCUT2D eigenvalue weighted by atomic mass is 9.97. The van der Waals surface area contributed by atoms with E-state index >= 15 is 0 Å². The molecule has 2 heterocycles. The fourth-order valence-corrected chi connectivity index (χ4v) is 3.65. The summed E-state index contributed by atoms with van der Waals surface area (Å²) >= 11 is 1.70. The number of carbonyl (C=O) groups is 1. The Labute approximate surface area is 165 Å². The van der Waals surface area contributed by atoms with Gasteiger partial charge in [0.2, 0.25) is 0 Å². The molecule has 0 aromatic carbocycles. The lowest BCUT2D eigenvalue weighted by Gasteiger charge is -2.33. The minimum absolute atomic E-state index is 0. The lowest BCUT2D eigenvalue weighted by molar-refractivity contribution is -0.146. The van der Waals surface area contributed by atoms with Crippen LogP contribution in [-0.2, 0) is 16.1 Å². The first kappa shape index (κ1) is 21.1. The molecule has 1 N–H and O–H groups in total. The molecule has 1 saturated heterocycles. The van der Waals surface area contributed by atoms with Crippen LogP contribution in [0.15, 0.2) is 4.99 Å². The number of halogens is 1. The average molecular weight is 466 g/mol. The van der Waals surface area contributed by atoms with Gasteiger partial charge in [-0.15, -0.1) is 35.3 Å². The molecular formula is C16H27IN4O2S. The lowest BCUT2D eigenvalue weighted by Crippen LogP contribution is -2.46. The number of nitrogens with zero attached hydrogens (tertiary/aromatic N) is 3. The minimum atomic E-state index is -0.0950. The van der Waals surface area contributed by atoms with E-state index in [0.717, 1.165) is 49.1 Å². The Kier molecular flexibility index (Phi) is 8.96. The van der Waals surface area contributed by atoms with Crippen molar-refractivity contribution >= 4 is 47.2 Å². The van der Waals surface area contributed by atoms with Crippen molar-refractivity contribution in [2.45, 2.75) is 40.2 Å². The number of rotatable bonds is 4. The van der Waals surface area contributed by atoms with E-state index in [4.69, 9.17) is 9.73 Å². The molecular weight excluding hydrogens is 439 g/mol. The van der Waals surface area contributed by atoms with Crippen molar-refractivity contribution in [3.63, 3.8) is 0 Å². The summed E-state index contributed by atoms with van der Waals surface area (Å²) in [5, 5.41) is 4.43. The summed E-state index contributed by atoms with van der Waals surface area (Å²) in [4.78, 5) is 24.3. The maximum Gasteiger partial charge on any atom is 0.308 e. The molecule has 1 aliphatic rings. The summed E-state index contributed by atoms with van der Waals surface area (Å²) in [5.41, 5.74) is 1.07. The van der Waals surface area contributed by atoms with E-state index in [1.807, 2.05) is 13.8 Å². The van der Waals surface area contributed by atoms with Gasteiger partial charge in [-0.1, -0.05) is 0 Å². The monoisotopic (exact) mass is 466 g/mol. The summed E-state index contributed by atoms with van der Waals surface area (Å²) in [6.07, 6.45) is 1.63. The van der Waals surface area contributed by atoms with Crippen molar-refractivity contribution in [1.29, 1.82) is 0 Å². The van der Waals surface area contributed by atoms with Gasteiger partial charge < -0.3 is 15.0 Å². The molecule has 0 bridgehead atoms. The number of piperidine rings is 1. The van der Waals surface area contributed by atoms with E-state index in [1.54, 1.807) is 11.3 Å². The van der Waals surface area contributed by atoms with Gasteiger partial charge in [0.1, 0.15) is 0 Å². The molecule has 0 unspecified atom stereocenters. The number of ether oxygens (including phenoxy) is 1. The highest BCUT2D eigenvalue weighted by Gasteiger charge is 2.26. The molecule has 1 aliphatic heterocycles. The van der Waals surface area contributed by atoms with Gasteiger partial charge in [-0.3, -0.25) is 4.79 Å². The minimum Gasteiger partial charge on any atom is -0.469 e. The number of aliphatic imine (C=N–C) groups is 1. The zero-order valence-corrected chi connectivity index (χ0v) is 17.9. The first-order chi connectivity index (χ1) is 11.0. The van der Waals surface area contributed by atoms with Crippen molar-refractivity contribution in [3.05, 3.63) is 15.6 Å². The van der Waals surface area contributed by atoms with Crippen LogP contribution in [0.25, 0.3) is 0 Å². The van der Waals surface area contributed by atoms with E-state index in [1.165, 1.54) is 12.0 Å². The van der Waals surface area contributed by atoms with Gasteiger partial charge in [0.25, 0.3) is 0 Å². The maximum absolute atomic E-state index is 11.6. The molecule has 1 aromatic rings. The summed E-state index contributed by atoms with van der Waals surface area (Å²) in [6, 6.07) is 0. The zero-order valence-electron chi connectivity index (χ0n) is 14.8. The first-order valence-corrected chi connectivity index (χ1v) is 8.90. The summed E-state index contributed by atoms with van der Waals surface area (Å²) in [6.45, 7) is 9.25. The van der Waals surface area contributed by atoms with Crippen LogP contribution in [0.2, 0.25) is 0 Å². The van der Waals surface area contributed by atoms with Gasteiger partial charge in [-0.25, -0.2) is 9.98 Å². The van der Waals surface area contributed by atoms with Crippen LogP contribution in [0, 0.1) is 19.8 Å². The number of likely N-dealkylation sites (tertiary alicyclic amines) is 1. The summed E-state index contributed by atoms with van der Waals surface area (Å²) in [5.74, 6) is 0.842.